The molecule has 0 spiro atoms. The standard InChI is InChI=1S/C18H26N4O2/c1-14(2)21(13-18(3,4)24)17(23)19-12-15-10-11-22(20-15)16-8-6-5-7-9-16/h5-11,14,24H,12-13H2,1-4H3,(H,19,23). The highest BCUT2D eigenvalue weighted by atomic mass is 16.3. The van der Waals surface area contributed by atoms with E-state index in [1.54, 1.807) is 23.4 Å². The number of benzene rings is 1. The number of hydrogen-bond acceptors (Lipinski definition) is 3. The first kappa shape index (κ1) is 18.0. The van der Waals surface area contributed by atoms with E-state index >= 15 is 0 Å². The Kier molecular flexibility index (Phi) is 5.62. The molecule has 1 aromatic carbocycles. The summed E-state index contributed by atoms with van der Waals surface area (Å²) in [4.78, 5) is 14.0. The van der Waals surface area contributed by atoms with Crippen LogP contribution in [0.15, 0.2) is 42.6 Å². The molecule has 2 aromatic rings. The van der Waals surface area contributed by atoms with Gasteiger partial charge in [0.25, 0.3) is 0 Å². The van der Waals surface area contributed by atoms with Crippen molar-refractivity contribution in [2.75, 3.05) is 6.54 Å². The van der Waals surface area contributed by atoms with Crippen LogP contribution in [-0.4, -0.2) is 44.0 Å². The zero-order valence-corrected chi connectivity index (χ0v) is 14.7. The molecule has 0 fully saturated rings. The van der Waals surface area contributed by atoms with Crippen LogP contribution in [0, 0.1) is 0 Å². The van der Waals surface area contributed by atoms with E-state index < -0.39 is 5.60 Å². The Morgan fingerprint density at radius 3 is 2.54 bits per heavy atom. The second-order valence-corrected chi connectivity index (χ2v) is 6.78. The number of carbonyl (C=O) groups is 1. The second kappa shape index (κ2) is 7.49. The van der Waals surface area contributed by atoms with Gasteiger partial charge in [-0.05, 0) is 45.9 Å². The van der Waals surface area contributed by atoms with Gasteiger partial charge >= 0.3 is 6.03 Å². The molecule has 130 valence electrons. The number of rotatable bonds is 6. The van der Waals surface area contributed by atoms with Gasteiger partial charge in [0.2, 0.25) is 0 Å². The van der Waals surface area contributed by atoms with Crippen molar-refractivity contribution in [2.45, 2.75) is 45.9 Å². The monoisotopic (exact) mass is 330 g/mol. The SMILES string of the molecule is CC(C)N(CC(C)(C)O)C(=O)NCc1ccn(-c2ccccc2)n1. The van der Waals surface area contributed by atoms with Crippen molar-refractivity contribution in [1.29, 1.82) is 0 Å². The summed E-state index contributed by atoms with van der Waals surface area (Å²) in [5.41, 5.74) is 0.816. The lowest BCUT2D eigenvalue weighted by molar-refractivity contribution is 0.0387. The molecule has 1 heterocycles. The first-order chi connectivity index (χ1) is 11.3. The number of aromatic nitrogens is 2. The summed E-state index contributed by atoms with van der Waals surface area (Å²) >= 11 is 0. The molecule has 0 radical (unpaired) electrons. The summed E-state index contributed by atoms with van der Waals surface area (Å²) in [6.45, 7) is 7.85. The fraction of sp³-hybridized carbons (Fsp3) is 0.444. The normalized spacial score (nSPS) is 11.6. The number of hydrogen-bond donors (Lipinski definition) is 2. The van der Waals surface area contributed by atoms with Gasteiger partial charge in [-0.25, -0.2) is 9.48 Å². The minimum absolute atomic E-state index is 0.00157. The summed E-state index contributed by atoms with van der Waals surface area (Å²) in [5, 5.41) is 17.3. The van der Waals surface area contributed by atoms with Crippen molar-refractivity contribution in [2.24, 2.45) is 0 Å². The largest absolute Gasteiger partial charge is 0.389 e. The minimum atomic E-state index is -0.934. The lowest BCUT2D eigenvalue weighted by atomic mass is 10.1. The molecule has 0 aliphatic heterocycles. The van der Waals surface area contributed by atoms with Crippen molar-refractivity contribution < 1.29 is 9.90 Å². The van der Waals surface area contributed by atoms with Crippen LogP contribution in [0.2, 0.25) is 0 Å². The van der Waals surface area contributed by atoms with E-state index in [1.165, 1.54) is 0 Å². The number of aliphatic hydroxyl groups is 1. The number of nitrogens with one attached hydrogen (secondary N) is 1. The molecule has 1 aromatic heterocycles. The molecule has 6 nitrogen and oxygen atoms in total. The molecule has 0 aliphatic rings. The van der Waals surface area contributed by atoms with Gasteiger partial charge in [0.15, 0.2) is 0 Å². The molecule has 0 unspecified atom stereocenters. The summed E-state index contributed by atoms with van der Waals surface area (Å²) in [6, 6.07) is 11.5. The smallest absolute Gasteiger partial charge is 0.318 e. The van der Waals surface area contributed by atoms with Crippen LogP contribution in [0.3, 0.4) is 0 Å². The fourth-order valence-electron chi connectivity index (χ4n) is 2.35. The lowest BCUT2D eigenvalue weighted by Crippen LogP contribution is -2.49. The van der Waals surface area contributed by atoms with Gasteiger partial charge in [0.05, 0.1) is 30.1 Å². The highest BCUT2D eigenvalue weighted by molar-refractivity contribution is 5.74. The highest BCUT2D eigenvalue weighted by Crippen LogP contribution is 2.10. The maximum Gasteiger partial charge on any atom is 0.318 e. The van der Waals surface area contributed by atoms with E-state index in [-0.39, 0.29) is 18.6 Å². The van der Waals surface area contributed by atoms with E-state index in [0.717, 1.165) is 11.4 Å². The Morgan fingerprint density at radius 2 is 1.96 bits per heavy atom. The summed E-state index contributed by atoms with van der Waals surface area (Å²) in [5.74, 6) is 0. The third kappa shape index (κ3) is 5.09. The molecule has 24 heavy (non-hydrogen) atoms. The van der Waals surface area contributed by atoms with Gasteiger partial charge in [-0.1, -0.05) is 18.2 Å². The fourth-order valence-corrected chi connectivity index (χ4v) is 2.35. The molecule has 2 N–H and O–H groups in total. The van der Waals surface area contributed by atoms with Crippen molar-refractivity contribution in [3.8, 4) is 5.69 Å². The predicted molar refractivity (Wildman–Crippen MR) is 93.9 cm³/mol. The van der Waals surface area contributed by atoms with E-state index in [4.69, 9.17) is 0 Å². The molecule has 0 saturated carbocycles. The zero-order chi connectivity index (χ0) is 17.7. The Morgan fingerprint density at radius 1 is 1.29 bits per heavy atom. The number of nitrogens with zero attached hydrogens (tertiary/aromatic N) is 3. The first-order valence-corrected chi connectivity index (χ1v) is 8.13. The average Bonchev–Trinajstić information content (AvgIpc) is 2.99. The Balaban J connectivity index is 1.97. The van der Waals surface area contributed by atoms with Crippen LogP contribution in [0.4, 0.5) is 4.79 Å². The first-order valence-electron chi connectivity index (χ1n) is 8.13. The molecule has 0 saturated heterocycles. The summed E-state index contributed by atoms with van der Waals surface area (Å²) in [7, 11) is 0. The van der Waals surface area contributed by atoms with E-state index in [2.05, 4.69) is 10.4 Å². The van der Waals surface area contributed by atoms with Crippen molar-refractivity contribution in [1.82, 2.24) is 20.0 Å². The third-order valence-electron chi connectivity index (χ3n) is 3.53. The predicted octanol–water partition coefficient (Wildman–Crippen LogP) is 2.56. The Labute approximate surface area is 143 Å². The van der Waals surface area contributed by atoms with Crippen LogP contribution in [0.1, 0.15) is 33.4 Å². The molecular formula is C18H26N4O2. The van der Waals surface area contributed by atoms with Gasteiger partial charge < -0.3 is 15.3 Å². The number of carbonyl (C=O) groups excluding carboxylic acids is 1. The molecule has 0 atom stereocenters. The molecule has 0 aliphatic carbocycles. The maximum absolute atomic E-state index is 12.4. The Hall–Kier alpha value is -2.34. The van der Waals surface area contributed by atoms with Gasteiger partial charge in [0.1, 0.15) is 0 Å². The van der Waals surface area contributed by atoms with Crippen molar-refractivity contribution in [3.05, 3.63) is 48.3 Å². The molecule has 6 heteroatoms. The Bertz CT molecular complexity index is 659. The van der Waals surface area contributed by atoms with E-state index in [1.807, 2.05) is 56.4 Å². The average molecular weight is 330 g/mol. The van der Waals surface area contributed by atoms with Crippen LogP contribution >= 0.6 is 0 Å². The van der Waals surface area contributed by atoms with E-state index in [9.17, 15) is 9.90 Å². The van der Waals surface area contributed by atoms with Gasteiger partial charge in [-0.15, -0.1) is 0 Å². The summed E-state index contributed by atoms with van der Waals surface area (Å²) < 4.78 is 1.78. The van der Waals surface area contributed by atoms with Crippen LogP contribution < -0.4 is 5.32 Å². The number of amides is 2. The number of para-hydroxylation sites is 1. The quantitative estimate of drug-likeness (QED) is 0.855. The van der Waals surface area contributed by atoms with Gasteiger partial charge in [-0.3, -0.25) is 0 Å². The molecule has 2 rings (SSSR count). The van der Waals surface area contributed by atoms with Gasteiger partial charge in [0, 0.05) is 12.2 Å². The van der Waals surface area contributed by atoms with Crippen LogP contribution in [0.25, 0.3) is 5.69 Å². The lowest BCUT2D eigenvalue weighted by Gasteiger charge is -2.32. The summed E-state index contributed by atoms with van der Waals surface area (Å²) in [6.07, 6.45) is 1.87. The third-order valence-corrected chi connectivity index (χ3v) is 3.53. The zero-order valence-electron chi connectivity index (χ0n) is 14.7. The highest BCUT2D eigenvalue weighted by Gasteiger charge is 2.24. The molecule has 0 bridgehead atoms. The maximum atomic E-state index is 12.4. The van der Waals surface area contributed by atoms with E-state index in [0.29, 0.717) is 6.54 Å². The minimum Gasteiger partial charge on any atom is -0.389 e. The molecular weight excluding hydrogens is 304 g/mol. The van der Waals surface area contributed by atoms with Crippen molar-refractivity contribution >= 4 is 6.03 Å². The van der Waals surface area contributed by atoms with Crippen LogP contribution in [-0.2, 0) is 6.54 Å². The second-order valence-electron chi connectivity index (χ2n) is 6.78. The molecule has 2 amide bonds. The topological polar surface area (TPSA) is 70.4 Å². The number of urea groups is 1. The van der Waals surface area contributed by atoms with Gasteiger partial charge in [-0.2, -0.15) is 5.10 Å². The van der Waals surface area contributed by atoms with Crippen LogP contribution in [0.5, 0.6) is 0 Å². The van der Waals surface area contributed by atoms with Crippen molar-refractivity contribution in [3.63, 3.8) is 0 Å².